The van der Waals surface area contributed by atoms with E-state index in [9.17, 15) is 4.79 Å². The molecule has 178 valence electrons. The summed E-state index contributed by atoms with van der Waals surface area (Å²) in [7, 11) is 5.10. The van der Waals surface area contributed by atoms with Crippen LogP contribution in [0.4, 0.5) is 0 Å². The minimum Gasteiger partial charge on any atom is -0.493 e. The number of nitrogens with one attached hydrogen (secondary N) is 2. The number of rotatable bonds is 10. The highest BCUT2D eigenvalue weighted by Gasteiger charge is 2.09. The molecular formula is C25H33IN4O3. The van der Waals surface area contributed by atoms with Gasteiger partial charge in [0.05, 0.1) is 13.7 Å². The molecule has 0 spiro atoms. The number of ether oxygens (including phenoxy) is 2. The van der Waals surface area contributed by atoms with E-state index in [4.69, 9.17) is 15.9 Å². The average molecular weight is 564 g/mol. The maximum absolute atomic E-state index is 12.2. The van der Waals surface area contributed by atoms with Gasteiger partial charge >= 0.3 is 0 Å². The lowest BCUT2D eigenvalue weighted by atomic mass is 10.1. The Balaban J connectivity index is 0.00000544. The summed E-state index contributed by atoms with van der Waals surface area (Å²) in [5.74, 6) is 4.41. The number of hydrogen-bond donors (Lipinski definition) is 2. The second kappa shape index (κ2) is 15.0. The van der Waals surface area contributed by atoms with Crippen LogP contribution >= 0.6 is 24.0 Å². The van der Waals surface area contributed by atoms with Gasteiger partial charge in [-0.15, -0.1) is 30.4 Å². The first kappa shape index (κ1) is 28.1. The number of amides is 1. The van der Waals surface area contributed by atoms with Crippen LogP contribution in [-0.2, 0) is 13.0 Å². The van der Waals surface area contributed by atoms with Crippen molar-refractivity contribution in [1.82, 2.24) is 15.5 Å². The van der Waals surface area contributed by atoms with Gasteiger partial charge in [-0.25, -0.2) is 4.99 Å². The number of nitrogens with zero attached hydrogens (tertiary/aromatic N) is 2. The van der Waals surface area contributed by atoms with E-state index in [1.54, 1.807) is 26.1 Å². The maximum Gasteiger partial charge on any atom is 0.253 e. The van der Waals surface area contributed by atoms with Gasteiger partial charge in [-0.3, -0.25) is 4.79 Å². The molecule has 0 aliphatic heterocycles. The molecule has 33 heavy (non-hydrogen) atoms. The number of carbonyl (C=O) groups excluding carboxylic acids is 1. The second-order valence-electron chi connectivity index (χ2n) is 7.25. The molecule has 7 nitrogen and oxygen atoms in total. The molecule has 0 saturated carbocycles. The van der Waals surface area contributed by atoms with Crippen molar-refractivity contribution in [3.05, 3.63) is 59.2 Å². The number of benzene rings is 2. The van der Waals surface area contributed by atoms with Crippen molar-refractivity contribution in [2.24, 2.45) is 4.99 Å². The monoisotopic (exact) mass is 564 g/mol. The van der Waals surface area contributed by atoms with Gasteiger partial charge < -0.3 is 25.0 Å². The van der Waals surface area contributed by atoms with Crippen LogP contribution in [0.25, 0.3) is 0 Å². The summed E-state index contributed by atoms with van der Waals surface area (Å²) in [6, 6.07) is 13.4. The molecule has 0 saturated heterocycles. The van der Waals surface area contributed by atoms with E-state index in [1.165, 1.54) is 0 Å². The zero-order chi connectivity index (χ0) is 23.3. The Labute approximate surface area is 214 Å². The van der Waals surface area contributed by atoms with E-state index in [0.717, 1.165) is 30.1 Å². The minimum absolute atomic E-state index is 0. The standard InChI is InChI=1S/C25H32N4O3.HI/c1-6-15-32-23-17-20(11-12-22(23)31-5)18-28-25(26-7-2)27-14-13-19-9-8-10-21(16-19)24(30)29(3)4;/h1,8-12,16-17H,7,13-15,18H2,2-5H3,(H2,26,27,28);1H. The van der Waals surface area contributed by atoms with Crippen LogP contribution in [-0.4, -0.2) is 57.7 Å². The van der Waals surface area contributed by atoms with Crippen LogP contribution in [0.1, 0.15) is 28.4 Å². The highest BCUT2D eigenvalue weighted by atomic mass is 127. The lowest BCUT2D eigenvalue weighted by molar-refractivity contribution is 0.0827. The predicted molar refractivity (Wildman–Crippen MR) is 144 cm³/mol. The first-order valence-electron chi connectivity index (χ1n) is 10.5. The van der Waals surface area contributed by atoms with E-state index in [-0.39, 0.29) is 36.5 Å². The SMILES string of the molecule is C#CCOc1cc(CN=C(NCC)NCCc2cccc(C(=O)N(C)C)c2)ccc1OC.I. The predicted octanol–water partition coefficient (Wildman–Crippen LogP) is 3.32. The van der Waals surface area contributed by atoms with Gasteiger partial charge in [0.2, 0.25) is 0 Å². The third-order valence-electron chi connectivity index (χ3n) is 4.59. The van der Waals surface area contributed by atoms with Crippen LogP contribution in [0, 0.1) is 12.3 Å². The fourth-order valence-electron chi connectivity index (χ4n) is 3.01. The fraction of sp³-hybridized carbons (Fsp3) is 0.360. The maximum atomic E-state index is 12.2. The van der Waals surface area contributed by atoms with Crippen LogP contribution in [0.5, 0.6) is 11.5 Å². The summed E-state index contributed by atoms with van der Waals surface area (Å²) in [5.41, 5.74) is 2.76. The molecule has 0 aliphatic carbocycles. The van der Waals surface area contributed by atoms with Gasteiger partial charge in [-0.2, -0.15) is 0 Å². The Morgan fingerprint density at radius 2 is 1.91 bits per heavy atom. The van der Waals surface area contributed by atoms with Crippen LogP contribution in [0.15, 0.2) is 47.5 Å². The molecular weight excluding hydrogens is 531 g/mol. The van der Waals surface area contributed by atoms with Crippen molar-refractivity contribution in [1.29, 1.82) is 0 Å². The van der Waals surface area contributed by atoms with E-state index in [0.29, 0.717) is 30.2 Å². The van der Waals surface area contributed by atoms with Crippen molar-refractivity contribution >= 4 is 35.8 Å². The fourth-order valence-corrected chi connectivity index (χ4v) is 3.01. The van der Waals surface area contributed by atoms with Crippen molar-refractivity contribution < 1.29 is 14.3 Å². The lowest BCUT2D eigenvalue weighted by Gasteiger charge is -2.13. The Bertz CT molecular complexity index is 970. The topological polar surface area (TPSA) is 75.2 Å². The molecule has 0 unspecified atom stereocenters. The molecule has 0 fully saturated rings. The third kappa shape index (κ3) is 9.22. The quantitative estimate of drug-likeness (QED) is 0.201. The molecule has 1 amide bonds. The Kier molecular flexibility index (Phi) is 12.8. The zero-order valence-corrected chi connectivity index (χ0v) is 22.0. The number of hydrogen-bond acceptors (Lipinski definition) is 4. The molecule has 0 atom stereocenters. The highest BCUT2D eigenvalue weighted by Crippen LogP contribution is 2.28. The molecule has 2 aromatic carbocycles. The summed E-state index contributed by atoms with van der Waals surface area (Å²) in [6.45, 7) is 4.10. The number of halogens is 1. The van der Waals surface area contributed by atoms with E-state index in [2.05, 4.69) is 21.5 Å². The number of carbonyl (C=O) groups is 1. The van der Waals surface area contributed by atoms with Crippen molar-refractivity contribution in [3.8, 4) is 23.8 Å². The molecule has 0 heterocycles. The molecule has 8 heteroatoms. The van der Waals surface area contributed by atoms with Crippen LogP contribution in [0.2, 0.25) is 0 Å². The summed E-state index contributed by atoms with van der Waals surface area (Å²) in [5, 5.41) is 6.59. The minimum atomic E-state index is -0.000190. The number of methoxy groups -OCH3 is 1. The summed E-state index contributed by atoms with van der Waals surface area (Å²) in [6.07, 6.45) is 6.06. The first-order chi connectivity index (χ1) is 15.5. The van der Waals surface area contributed by atoms with Crippen molar-refractivity contribution in [2.45, 2.75) is 19.9 Å². The van der Waals surface area contributed by atoms with Gasteiger partial charge in [0, 0.05) is 32.7 Å². The lowest BCUT2D eigenvalue weighted by Crippen LogP contribution is -2.38. The van der Waals surface area contributed by atoms with Gasteiger partial charge in [0.15, 0.2) is 17.5 Å². The van der Waals surface area contributed by atoms with Crippen molar-refractivity contribution in [2.75, 3.05) is 40.9 Å². The van der Waals surface area contributed by atoms with Crippen molar-refractivity contribution in [3.63, 3.8) is 0 Å². The Morgan fingerprint density at radius 3 is 2.58 bits per heavy atom. The van der Waals surface area contributed by atoms with Crippen LogP contribution in [0.3, 0.4) is 0 Å². The summed E-state index contributed by atoms with van der Waals surface area (Å²) in [4.78, 5) is 18.4. The van der Waals surface area contributed by atoms with Gasteiger partial charge in [0.25, 0.3) is 5.91 Å². The Hall–Kier alpha value is -2.93. The van der Waals surface area contributed by atoms with Gasteiger partial charge in [0.1, 0.15) is 6.61 Å². The molecule has 2 rings (SSSR count). The third-order valence-corrected chi connectivity index (χ3v) is 4.59. The smallest absolute Gasteiger partial charge is 0.253 e. The van der Waals surface area contributed by atoms with E-state index in [1.807, 2.05) is 49.4 Å². The number of guanidine groups is 1. The van der Waals surface area contributed by atoms with Gasteiger partial charge in [-0.1, -0.05) is 24.1 Å². The van der Waals surface area contributed by atoms with E-state index >= 15 is 0 Å². The number of aliphatic imine (C=N–C) groups is 1. The van der Waals surface area contributed by atoms with Crippen LogP contribution < -0.4 is 20.1 Å². The summed E-state index contributed by atoms with van der Waals surface area (Å²) < 4.78 is 10.9. The average Bonchev–Trinajstić information content (AvgIpc) is 2.80. The highest BCUT2D eigenvalue weighted by molar-refractivity contribution is 14.0. The normalized spacial score (nSPS) is 10.5. The Morgan fingerprint density at radius 1 is 1.12 bits per heavy atom. The number of terminal acetylenes is 1. The zero-order valence-electron chi connectivity index (χ0n) is 19.7. The molecule has 0 aliphatic rings. The molecule has 0 bridgehead atoms. The molecule has 0 radical (unpaired) electrons. The molecule has 2 aromatic rings. The summed E-state index contributed by atoms with van der Waals surface area (Å²) >= 11 is 0. The van der Waals surface area contributed by atoms with E-state index < -0.39 is 0 Å². The van der Waals surface area contributed by atoms with Gasteiger partial charge in [-0.05, 0) is 48.7 Å². The first-order valence-corrected chi connectivity index (χ1v) is 10.5. The largest absolute Gasteiger partial charge is 0.493 e. The second-order valence-corrected chi connectivity index (χ2v) is 7.25. The molecule has 0 aromatic heterocycles. The molecule has 2 N–H and O–H groups in total.